The van der Waals surface area contributed by atoms with Gasteiger partial charge in [-0.05, 0) is 70.2 Å². The molecule has 0 fully saturated rings. The van der Waals surface area contributed by atoms with Crippen LogP contribution in [0, 0.1) is 0 Å². The Hall–Kier alpha value is -3.44. The van der Waals surface area contributed by atoms with Crippen LogP contribution in [0.4, 0.5) is 5.69 Å². The molecule has 146 valence electrons. The number of hydrogen-bond acceptors (Lipinski definition) is 3. The average molecular weight is 385 g/mol. The van der Waals surface area contributed by atoms with E-state index < -0.39 is 5.91 Å². The van der Waals surface area contributed by atoms with Gasteiger partial charge in [0, 0.05) is 5.39 Å². The van der Waals surface area contributed by atoms with E-state index in [1.165, 1.54) is 5.39 Å². The Labute approximate surface area is 168 Å². The van der Waals surface area contributed by atoms with E-state index in [2.05, 4.69) is 41.0 Å². The second kappa shape index (κ2) is 7.89. The molecule has 0 atom stereocenters. The number of fused-ring (bicyclic) bond motifs is 3. The molecule has 0 bridgehead atoms. The van der Waals surface area contributed by atoms with Gasteiger partial charge in [-0.1, -0.05) is 37.3 Å². The molecule has 0 spiro atoms. The molecule has 29 heavy (non-hydrogen) atoms. The SMILES string of the molecule is CCCNCC(=O)Nc1c(C(N)=O)ccc2cc3cc4ccccc4cc3cc12. The van der Waals surface area contributed by atoms with E-state index in [9.17, 15) is 9.59 Å². The van der Waals surface area contributed by atoms with E-state index in [0.717, 1.165) is 39.9 Å². The van der Waals surface area contributed by atoms with Crippen molar-refractivity contribution in [3.8, 4) is 0 Å². The maximum absolute atomic E-state index is 12.4. The minimum atomic E-state index is -0.567. The highest BCUT2D eigenvalue weighted by Gasteiger charge is 2.15. The van der Waals surface area contributed by atoms with E-state index in [4.69, 9.17) is 5.73 Å². The van der Waals surface area contributed by atoms with Gasteiger partial charge in [-0.25, -0.2) is 0 Å². The molecule has 0 aromatic heterocycles. The molecule has 4 aromatic rings. The monoisotopic (exact) mass is 385 g/mol. The highest BCUT2D eigenvalue weighted by Crippen LogP contribution is 2.33. The molecule has 0 saturated heterocycles. The molecule has 5 nitrogen and oxygen atoms in total. The van der Waals surface area contributed by atoms with Crippen molar-refractivity contribution >= 4 is 49.8 Å². The summed E-state index contributed by atoms with van der Waals surface area (Å²) in [7, 11) is 0. The number of hydrogen-bond donors (Lipinski definition) is 3. The van der Waals surface area contributed by atoms with Crippen LogP contribution < -0.4 is 16.4 Å². The number of amides is 2. The Balaban J connectivity index is 1.86. The smallest absolute Gasteiger partial charge is 0.250 e. The third-order valence-corrected chi connectivity index (χ3v) is 5.08. The normalized spacial score (nSPS) is 11.2. The highest BCUT2D eigenvalue weighted by molar-refractivity contribution is 6.15. The van der Waals surface area contributed by atoms with Crippen molar-refractivity contribution in [2.45, 2.75) is 13.3 Å². The second-order valence-electron chi connectivity index (χ2n) is 7.20. The van der Waals surface area contributed by atoms with Gasteiger partial charge in [-0.15, -0.1) is 0 Å². The van der Waals surface area contributed by atoms with E-state index in [-0.39, 0.29) is 12.5 Å². The molecule has 5 heteroatoms. The van der Waals surface area contributed by atoms with Gasteiger partial charge in [0.1, 0.15) is 0 Å². The van der Waals surface area contributed by atoms with Gasteiger partial charge < -0.3 is 16.4 Å². The van der Waals surface area contributed by atoms with Crippen LogP contribution >= 0.6 is 0 Å². The standard InChI is InChI=1S/C24H23N3O2/c1-2-9-26-14-22(28)27-23-20(24(25)29)8-7-17-12-18-10-15-5-3-4-6-16(15)11-19(18)13-21(17)23/h3-8,10-13,26H,2,9,14H2,1H3,(H2,25,29)(H,27,28). The van der Waals surface area contributed by atoms with Crippen molar-refractivity contribution in [1.29, 1.82) is 0 Å². The first-order valence-electron chi connectivity index (χ1n) is 9.76. The summed E-state index contributed by atoms with van der Waals surface area (Å²) in [5, 5.41) is 12.2. The minimum absolute atomic E-state index is 0.181. The molecular formula is C24H23N3O2. The number of benzene rings is 4. The van der Waals surface area contributed by atoms with Gasteiger partial charge in [0.05, 0.1) is 17.8 Å². The average Bonchev–Trinajstić information content (AvgIpc) is 2.71. The summed E-state index contributed by atoms with van der Waals surface area (Å²) in [5.74, 6) is -0.769. The summed E-state index contributed by atoms with van der Waals surface area (Å²) in [6, 6.07) is 20.1. The molecule has 0 aliphatic carbocycles. The van der Waals surface area contributed by atoms with Crippen molar-refractivity contribution < 1.29 is 9.59 Å². The first kappa shape index (κ1) is 18.9. The zero-order chi connectivity index (χ0) is 20.4. The van der Waals surface area contributed by atoms with Crippen LogP contribution in [0.3, 0.4) is 0 Å². The lowest BCUT2D eigenvalue weighted by Crippen LogP contribution is -2.29. The largest absolute Gasteiger partial charge is 0.366 e. The van der Waals surface area contributed by atoms with Crippen molar-refractivity contribution in [2.24, 2.45) is 5.73 Å². The third kappa shape index (κ3) is 3.77. The fourth-order valence-electron chi connectivity index (χ4n) is 3.67. The molecule has 0 saturated carbocycles. The zero-order valence-electron chi connectivity index (χ0n) is 16.3. The van der Waals surface area contributed by atoms with Gasteiger partial charge >= 0.3 is 0 Å². The lowest BCUT2D eigenvalue weighted by atomic mass is 9.97. The summed E-state index contributed by atoms with van der Waals surface area (Å²) >= 11 is 0. The minimum Gasteiger partial charge on any atom is -0.366 e. The fraction of sp³-hybridized carbons (Fsp3) is 0.167. The fourth-order valence-corrected chi connectivity index (χ4v) is 3.67. The second-order valence-corrected chi connectivity index (χ2v) is 7.20. The van der Waals surface area contributed by atoms with E-state index in [1.54, 1.807) is 6.07 Å². The maximum atomic E-state index is 12.4. The van der Waals surface area contributed by atoms with Crippen molar-refractivity contribution in [3.05, 3.63) is 66.2 Å². The van der Waals surface area contributed by atoms with Crippen LogP contribution in [-0.4, -0.2) is 24.9 Å². The molecule has 4 aromatic carbocycles. The zero-order valence-corrected chi connectivity index (χ0v) is 16.3. The van der Waals surface area contributed by atoms with Gasteiger partial charge in [0.2, 0.25) is 5.91 Å². The van der Waals surface area contributed by atoms with Gasteiger partial charge in [0.15, 0.2) is 0 Å². The molecule has 0 radical (unpaired) electrons. The number of carbonyl (C=O) groups is 2. The molecule has 2 amide bonds. The lowest BCUT2D eigenvalue weighted by Gasteiger charge is -2.14. The maximum Gasteiger partial charge on any atom is 0.250 e. The first-order valence-corrected chi connectivity index (χ1v) is 9.76. The number of carbonyl (C=O) groups excluding carboxylic acids is 2. The number of rotatable bonds is 6. The van der Waals surface area contributed by atoms with Crippen molar-refractivity contribution in [2.75, 3.05) is 18.4 Å². The van der Waals surface area contributed by atoms with Crippen LogP contribution in [0.15, 0.2) is 60.7 Å². The number of primary amides is 1. The number of nitrogens with two attached hydrogens (primary N) is 1. The quantitative estimate of drug-likeness (QED) is 0.344. The Morgan fingerprint density at radius 2 is 1.52 bits per heavy atom. The molecule has 0 aliphatic rings. The Morgan fingerprint density at radius 3 is 2.17 bits per heavy atom. The third-order valence-electron chi connectivity index (χ3n) is 5.08. The Kier molecular flexibility index (Phi) is 5.14. The lowest BCUT2D eigenvalue weighted by molar-refractivity contribution is -0.115. The molecule has 4 N–H and O–H groups in total. The van der Waals surface area contributed by atoms with Crippen molar-refractivity contribution in [1.82, 2.24) is 5.32 Å². The predicted octanol–water partition coefficient (Wildman–Crippen LogP) is 4.18. The summed E-state index contributed by atoms with van der Waals surface area (Å²) in [5.41, 5.74) is 6.36. The summed E-state index contributed by atoms with van der Waals surface area (Å²) in [6.07, 6.45) is 0.939. The van der Waals surface area contributed by atoms with Crippen LogP contribution in [-0.2, 0) is 4.79 Å². The number of anilines is 1. The summed E-state index contributed by atoms with van der Waals surface area (Å²) in [6.45, 7) is 2.97. The van der Waals surface area contributed by atoms with E-state index in [0.29, 0.717) is 11.3 Å². The predicted molar refractivity (Wildman–Crippen MR) is 119 cm³/mol. The molecule has 0 aliphatic heterocycles. The Morgan fingerprint density at radius 1 is 0.862 bits per heavy atom. The Bertz CT molecular complexity index is 1250. The topological polar surface area (TPSA) is 84.2 Å². The van der Waals surface area contributed by atoms with Crippen LogP contribution in [0.5, 0.6) is 0 Å². The first-order chi connectivity index (χ1) is 14.1. The summed E-state index contributed by atoms with van der Waals surface area (Å²) in [4.78, 5) is 24.4. The molecule has 0 unspecified atom stereocenters. The summed E-state index contributed by atoms with van der Waals surface area (Å²) < 4.78 is 0. The van der Waals surface area contributed by atoms with Crippen molar-refractivity contribution in [3.63, 3.8) is 0 Å². The van der Waals surface area contributed by atoms with Gasteiger partial charge in [0.25, 0.3) is 5.91 Å². The number of nitrogens with one attached hydrogen (secondary N) is 2. The molecular weight excluding hydrogens is 362 g/mol. The van der Waals surface area contributed by atoms with Crippen LogP contribution in [0.1, 0.15) is 23.7 Å². The molecule has 0 heterocycles. The molecule has 4 rings (SSSR count). The van der Waals surface area contributed by atoms with Crippen LogP contribution in [0.2, 0.25) is 0 Å². The van der Waals surface area contributed by atoms with E-state index in [1.807, 2.05) is 31.2 Å². The highest BCUT2D eigenvalue weighted by atomic mass is 16.2. The van der Waals surface area contributed by atoms with Gasteiger partial charge in [-0.3, -0.25) is 9.59 Å². The van der Waals surface area contributed by atoms with Crippen LogP contribution in [0.25, 0.3) is 32.3 Å². The van der Waals surface area contributed by atoms with E-state index >= 15 is 0 Å². The van der Waals surface area contributed by atoms with Gasteiger partial charge in [-0.2, -0.15) is 0 Å².